The molecule has 2 aliphatic carbocycles. The number of benzene rings is 2. The second-order valence-electron chi connectivity index (χ2n) is 27.1. The Balaban J connectivity index is 0.000000244. The van der Waals surface area contributed by atoms with Crippen molar-refractivity contribution in [3.8, 4) is 5.75 Å². The number of aromatic nitrogens is 5. The summed E-state index contributed by atoms with van der Waals surface area (Å²) < 4.78 is 90.9. The first-order valence-electron chi connectivity index (χ1n) is 36.3. The number of hydrogen-bond acceptors (Lipinski definition) is 22. The zero-order valence-corrected chi connectivity index (χ0v) is 67.3. The maximum absolute atomic E-state index is 14.8. The minimum Gasteiger partial charge on any atom is -0.490 e. The van der Waals surface area contributed by atoms with Crippen LogP contribution in [0.4, 0.5) is 5.69 Å². The van der Waals surface area contributed by atoms with Gasteiger partial charge >= 0.3 is 23.9 Å². The molecule has 4 aliphatic rings. The Morgan fingerprint density at radius 3 is 1.76 bits per heavy atom. The number of halogens is 1. The number of carboxylic acids is 1. The van der Waals surface area contributed by atoms with Gasteiger partial charge in [-0.15, -0.1) is 4.36 Å². The molecule has 1 unspecified atom stereocenters. The van der Waals surface area contributed by atoms with E-state index in [0.29, 0.717) is 149 Å². The van der Waals surface area contributed by atoms with E-state index in [4.69, 9.17) is 59.3 Å². The summed E-state index contributed by atoms with van der Waals surface area (Å²) in [4.78, 5) is 97.9. The van der Waals surface area contributed by atoms with E-state index in [0.717, 1.165) is 66.4 Å². The minimum atomic E-state index is -3.58. The van der Waals surface area contributed by atoms with Gasteiger partial charge in [0.05, 0.1) is 131 Å². The van der Waals surface area contributed by atoms with Gasteiger partial charge in [0.25, 0.3) is 11.8 Å². The highest BCUT2D eigenvalue weighted by Gasteiger charge is 2.45. The fourth-order valence-corrected chi connectivity index (χ4v) is 15.7. The molecule has 1 fully saturated rings. The smallest absolute Gasteiger partial charge is 0.339 e. The summed E-state index contributed by atoms with van der Waals surface area (Å²) in [5.41, 5.74) is 8.53. The molecule has 610 valence electrons. The van der Waals surface area contributed by atoms with E-state index >= 15 is 0 Å². The Bertz CT molecular complexity index is 4450. The molecule has 112 heavy (non-hydrogen) atoms. The van der Waals surface area contributed by atoms with Crippen LogP contribution in [0.1, 0.15) is 150 Å². The van der Waals surface area contributed by atoms with Gasteiger partial charge in [-0.1, -0.05) is 36.7 Å². The van der Waals surface area contributed by atoms with Gasteiger partial charge in [-0.3, -0.25) is 23.9 Å². The van der Waals surface area contributed by atoms with Gasteiger partial charge < -0.3 is 90.1 Å². The van der Waals surface area contributed by atoms with Crippen molar-refractivity contribution in [1.29, 1.82) is 0 Å². The van der Waals surface area contributed by atoms with E-state index in [-0.39, 0.29) is 46.9 Å². The van der Waals surface area contributed by atoms with Crippen LogP contribution in [0.5, 0.6) is 5.75 Å². The summed E-state index contributed by atoms with van der Waals surface area (Å²) in [5.74, 6) is -2.18. The van der Waals surface area contributed by atoms with Crippen LogP contribution in [-0.2, 0) is 120 Å². The first-order valence-corrected chi connectivity index (χ1v) is 38.4. The van der Waals surface area contributed by atoms with Crippen molar-refractivity contribution in [2.45, 2.75) is 103 Å². The fourth-order valence-electron chi connectivity index (χ4n) is 13.7. The number of carbonyl (C=O) groups is 8. The van der Waals surface area contributed by atoms with Gasteiger partial charge in [-0.25, -0.2) is 23.4 Å². The number of methoxy groups -OCH3 is 11. The lowest BCUT2D eigenvalue weighted by Crippen LogP contribution is -2.49. The van der Waals surface area contributed by atoms with Crippen molar-refractivity contribution < 1.29 is 105 Å². The molecule has 2 bridgehead atoms. The van der Waals surface area contributed by atoms with Gasteiger partial charge in [0.2, 0.25) is 0 Å². The quantitative estimate of drug-likeness (QED) is 0.0186. The average Bonchev–Trinajstić information content (AvgIpc) is 1.52. The van der Waals surface area contributed by atoms with Crippen molar-refractivity contribution in [1.82, 2.24) is 28.0 Å². The fraction of sp³-hybridized carbons (Fsp3) is 0.475. The molecule has 6 atom stereocenters. The molecule has 32 heteroatoms. The number of fused-ring (bicyclic) bond motifs is 4. The lowest BCUT2D eigenvalue weighted by Gasteiger charge is -2.46. The number of anilines is 1. The Kier molecular flexibility index (Phi) is 35.7. The van der Waals surface area contributed by atoms with Crippen LogP contribution >= 0.6 is 11.6 Å². The number of aromatic carboxylic acids is 1. The van der Waals surface area contributed by atoms with Crippen molar-refractivity contribution in [3.05, 3.63) is 188 Å². The number of carboxylic acid groups (broad SMARTS) is 1. The molecule has 5 aromatic heterocycles. The lowest BCUT2D eigenvalue weighted by atomic mass is 9.68. The van der Waals surface area contributed by atoms with Crippen molar-refractivity contribution in [2.24, 2.45) is 22.1 Å². The van der Waals surface area contributed by atoms with Crippen LogP contribution in [0.2, 0.25) is 5.02 Å². The molecule has 0 radical (unpaired) electrons. The molecule has 7 heterocycles. The third-order valence-electron chi connectivity index (χ3n) is 19.4. The number of nitrogens with one attached hydrogen (secondary N) is 2. The maximum atomic E-state index is 14.8. The summed E-state index contributed by atoms with van der Waals surface area (Å²) in [5, 5.41) is 9.57. The molecule has 3 N–H and O–H groups in total. The number of allylic oxidation sites excluding steroid dienone is 1. The van der Waals surface area contributed by atoms with Crippen LogP contribution in [0.3, 0.4) is 0 Å². The van der Waals surface area contributed by atoms with E-state index in [1.807, 2.05) is 38.8 Å². The molecule has 1 saturated carbocycles. The minimum absolute atomic E-state index is 0.0139. The van der Waals surface area contributed by atoms with Gasteiger partial charge in [-0.05, 0) is 128 Å². The molecular formula is C80H105ClN8O22S. The number of aldehydes is 2. The number of nitrogens with zero attached hydrogens (tertiary/aromatic N) is 6. The number of rotatable bonds is 27. The maximum Gasteiger partial charge on any atom is 0.339 e. The molecule has 2 aromatic carbocycles. The first kappa shape index (κ1) is 89.7. The summed E-state index contributed by atoms with van der Waals surface area (Å²) in [7, 11) is 13.3. The highest BCUT2D eigenvalue weighted by Crippen LogP contribution is 2.47. The Morgan fingerprint density at radius 1 is 0.670 bits per heavy atom. The third kappa shape index (κ3) is 24.7. The Hall–Kier alpha value is -9.54. The standard InChI is InChI=1S/C42H53ClN4O7S.C11H17NO4.C10H15NO4.C10H13NO4.C7H7NO3/c1-28-7-5-9-38(53-4)35-13-10-31(35)22-47-26-42(16-6-8-29-19-33(43)12-14-36(29)42)27-54-39-15-11-30(21-37(39)47)40(48)44-55(50,25-28)45-41(49)32-20-34(24-52-3)46(23-32)17-18-51-2;1-14-5-4-12-7-9(11(13)16-3)6-10(12)8-15-2;1-14-4-3-11-6-8(10(12)13)5-9(11)7-15-2;1-14-4-3-11-6-8(10(13)15-2)5-9(11)7-12;1-11-7(10)5-2-6(4-9)8-3-5/h5,9,11-12,14-15,19-21,23,28,31,35,38H,6-8,10,13,16-18,22,24-27H2,1-4H3,(H,44,45,48,49,50);6-7H,4-5,8H2,1-3H3;5-6H,3-4,7H2,1-2H3,(H,12,13);5-7H,3-4H2,1-2H3;2-4,8H,1H3/b9-5+;;;;/t28-,31-,35+,38-,42-,55?;;;;/m0..../s1. The molecule has 2 amide bonds. The Labute approximate surface area is 658 Å². The predicted molar refractivity (Wildman–Crippen MR) is 417 cm³/mol. The van der Waals surface area contributed by atoms with E-state index in [1.54, 1.807) is 110 Å². The molecular weight excluding hydrogens is 1490 g/mol. The van der Waals surface area contributed by atoms with Gasteiger partial charge in [0.1, 0.15) is 15.7 Å². The molecule has 30 nitrogen and oxygen atoms in total. The highest BCUT2D eigenvalue weighted by atomic mass is 35.5. The molecule has 7 aromatic rings. The lowest BCUT2D eigenvalue weighted by molar-refractivity contribution is 0.0131. The highest BCUT2D eigenvalue weighted by molar-refractivity contribution is 7.92. The third-order valence-corrected chi connectivity index (χ3v) is 21.6. The second-order valence-corrected chi connectivity index (χ2v) is 29.5. The van der Waals surface area contributed by atoms with Crippen molar-refractivity contribution >= 4 is 75.5 Å². The van der Waals surface area contributed by atoms with Gasteiger partial charge in [0.15, 0.2) is 12.6 Å². The zero-order chi connectivity index (χ0) is 81.5. The summed E-state index contributed by atoms with van der Waals surface area (Å²) >= 11 is 6.47. The van der Waals surface area contributed by atoms with Gasteiger partial charge in [0, 0.05) is 160 Å². The van der Waals surface area contributed by atoms with Crippen LogP contribution in [-0.4, -0.2) is 217 Å². The number of aryl methyl sites for hydroxylation is 1. The molecule has 11 rings (SSSR count). The van der Waals surface area contributed by atoms with Crippen LogP contribution < -0.4 is 14.4 Å². The van der Waals surface area contributed by atoms with Gasteiger partial charge in [-0.2, -0.15) is 0 Å². The predicted octanol–water partition coefficient (Wildman–Crippen LogP) is 10.4. The first-order chi connectivity index (χ1) is 53.9. The monoisotopic (exact) mass is 1600 g/mol. The molecule has 1 spiro atoms. The zero-order valence-electron chi connectivity index (χ0n) is 65.7. The summed E-state index contributed by atoms with van der Waals surface area (Å²) in [6.07, 6.45) is 19.2. The largest absolute Gasteiger partial charge is 0.490 e. The van der Waals surface area contributed by atoms with E-state index in [2.05, 4.69) is 57.5 Å². The Morgan fingerprint density at radius 2 is 1.22 bits per heavy atom. The number of ether oxygens (including phenoxy) is 12. The average molecular weight is 1600 g/mol. The topological polar surface area (TPSA) is 348 Å². The number of aromatic amines is 1. The van der Waals surface area contributed by atoms with E-state index in [9.17, 15) is 42.6 Å². The van der Waals surface area contributed by atoms with Crippen molar-refractivity contribution in [3.63, 3.8) is 0 Å². The number of H-pyrrole nitrogens is 1. The molecule has 2 aliphatic heterocycles. The molecule has 0 saturated heterocycles. The number of amides is 2. The normalized spacial score (nSPS) is 19.2. The van der Waals surface area contributed by atoms with Crippen molar-refractivity contribution in [2.75, 3.05) is 135 Å². The van der Waals surface area contributed by atoms with Crippen LogP contribution in [0, 0.1) is 17.8 Å². The van der Waals surface area contributed by atoms with Crippen LogP contribution in [0.15, 0.2) is 114 Å². The summed E-state index contributed by atoms with van der Waals surface area (Å²) in [6, 6.07) is 19.6. The second kappa shape index (κ2) is 44.6. The number of hydrogen-bond donors (Lipinski definition) is 3. The van der Waals surface area contributed by atoms with Crippen LogP contribution in [0.25, 0.3) is 0 Å². The number of esters is 3. The summed E-state index contributed by atoms with van der Waals surface area (Å²) in [6.45, 7) is 9.48. The SMILES string of the molecule is COC(=O)c1c[nH]c(C=O)c1.COCCn1cc(C(=O)NS2(=O)=NC(=O)c3ccc4c(c3)N(C[C@@H]3CC[C@H]3[C@@H](OC)/C=C/C[C@H](C)C2)C[C@@]2(CCCc3cc(Cl)ccc32)CO4)cc1COC.COCCn1cc(C(=O)O)cc1COC.COCCn1cc(C(=O)OC)cc1C=O.COCCn1cc(C(=O)OC)cc1COC. The van der Waals surface area contributed by atoms with E-state index < -0.39 is 39.6 Å². The van der Waals surface area contributed by atoms with E-state index in [1.165, 1.54) is 50.8 Å². The number of carbonyl (C=O) groups excluding carboxylic acids is 7.